The van der Waals surface area contributed by atoms with Crippen molar-refractivity contribution in [1.29, 1.82) is 0 Å². The first-order valence-electron chi connectivity index (χ1n) is 2.55. The van der Waals surface area contributed by atoms with Gasteiger partial charge in [0.2, 0.25) is 0 Å². The average molecular weight is 135 g/mol. The largest absolute Gasteiger partial charge is 0.468 e. The van der Waals surface area contributed by atoms with E-state index < -0.39 is 6.04 Å². The van der Waals surface area contributed by atoms with Crippen molar-refractivity contribution in [2.75, 3.05) is 7.11 Å². The van der Waals surface area contributed by atoms with Crippen LogP contribution in [0.15, 0.2) is 0 Å². The molecule has 1 atom stereocenters. The molecule has 0 amide bonds. The van der Waals surface area contributed by atoms with Gasteiger partial charge in [0, 0.05) is 0 Å². The highest BCUT2D eigenvalue weighted by Crippen LogP contribution is 1.86. The van der Waals surface area contributed by atoms with Gasteiger partial charge in [-0.25, -0.2) is 0 Å². The molecule has 0 saturated carbocycles. The van der Waals surface area contributed by atoms with Gasteiger partial charge in [-0.15, -0.1) is 0 Å². The maximum Gasteiger partial charge on any atom is 0.322 e. The summed E-state index contributed by atoms with van der Waals surface area (Å²) in [6, 6.07) is -0.444. The van der Waals surface area contributed by atoms with Crippen molar-refractivity contribution in [3.8, 4) is 0 Å². The normalized spacial score (nSPS) is 11.4. The molecule has 0 aliphatic carbocycles. The van der Waals surface area contributed by atoms with Gasteiger partial charge in [0.15, 0.2) is 0 Å². The van der Waals surface area contributed by atoms with E-state index in [9.17, 15) is 4.79 Å². The number of methoxy groups -OCH3 is 1. The number of hydrogen-bond donors (Lipinski definition) is 1. The Morgan fingerprint density at radius 1 is 1.78 bits per heavy atom. The maximum atomic E-state index is 10.4. The van der Waals surface area contributed by atoms with Crippen molar-refractivity contribution in [3.63, 3.8) is 0 Å². The van der Waals surface area contributed by atoms with Crippen LogP contribution in [-0.2, 0) is 9.53 Å². The van der Waals surface area contributed by atoms with Crippen molar-refractivity contribution in [3.05, 3.63) is 0 Å². The Morgan fingerprint density at radius 3 is 2.33 bits per heavy atom. The molecule has 0 saturated heterocycles. The van der Waals surface area contributed by atoms with Gasteiger partial charge < -0.3 is 15.9 Å². The average Bonchev–Trinajstić information content (AvgIpc) is 1.84. The summed E-state index contributed by atoms with van der Waals surface area (Å²) in [5.74, 6) is -0.340. The second-order valence-corrected chi connectivity index (χ2v) is 1.54. The molecule has 0 aliphatic rings. The second kappa shape index (κ2) is 5.53. The number of rotatable bonds is 2. The van der Waals surface area contributed by atoms with Crippen LogP contribution in [0.3, 0.4) is 0 Å². The van der Waals surface area contributed by atoms with E-state index in [2.05, 4.69) is 4.74 Å². The second-order valence-electron chi connectivity index (χ2n) is 1.54. The van der Waals surface area contributed by atoms with Crippen molar-refractivity contribution < 1.29 is 15.0 Å². The number of hydrogen-bond acceptors (Lipinski definition) is 3. The van der Waals surface area contributed by atoms with Crippen LogP contribution in [0, 0.1) is 0 Å². The van der Waals surface area contributed by atoms with Crippen molar-refractivity contribution in [2.24, 2.45) is 5.73 Å². The molecule has 4 nitrogen and oxygen atoms in total. The minimum Gasteiger partial charge on any atom is -0.468 e. The predicted molar refractivity (Wildman–Crippen MR) is 33.9 cm³/mol. The van der Waals surface area contributed by atoms with E-state index in [0.29, 0.717) is 6.42 Å². The van der Waals surface area contributed by atoms with E-state index in [0.717, 1.165) is 0 Å². The lowest BCUT2D eigenvalue weighted by molar-refractivity contribution is -0.142. The highest BCUT2D eigenvalue weighted by molar-refractivity contribution is 5.75. The van der Waals surface area contributed by atoms with Crippen LogP contribution in [0.4, 0.5) is 0 Å². The van der Waals surface area contributed by atoms with Gasteiger partial charge in [-0.1, -0.05) is 6.92 Å². The zero-order valence-electron chi connectivity index (χ0n) is 5.68. The molecule has 0 aliphatic heterocycles. The smallest absolute Gasteiger partial charge is 0.322 e. The Bertz CT molecular complexity index is 84.3. The van der Waals surface area contributed by atoms with Crippen LogP contribution in [0.5, 0.6) is 0 Å². The van der Waals surface area contributed by atoms with Gasteiger partial charge in [0.05, 0.1) is 7.11 Å². The quantitative estimate of drug-likeness (QED) is 0.496. The fraction of sp³-hybridized carbons (Fsp3) is 0.800. The van der Waals surface area contributed by atoms with Crippen LogP contribution in [-0.4, -0.2) is 24.6 Å². The van der Waals surface area contributed by atoms with Gasteiger partial charge >= 0.3 is 5.97 Å². The minimum atomic E-state index is -0.444. The number of carbonyl (C=O) groups is 1. The van der Waals surface area contributed by atoms with Gasteiger partial charge in [0.1, 0.15) is 6.04 Å². The van der Waals surface area contributed by atoms with Crippen molar-refractivity contribution in [1.82, 2.24) is 0 Å². The van der Waals surface area contributed by atoms with E-state index in [1.54, 1.807) is 0 Å². The van der Waals surface area contributed by atoms with E-state index in [4.69, 9.17) is 5.73 Å². The zero-order valence-corrected chi connectivity index (χ0v) is 5.68. The van der Waals surface area contributed by atoms with Crippen LogP contribution < -0.4 is 5.73 Å². The summed E-state index contributed by atoms with van der Waals surface area (Å²) in [6.07, 6.45) is 0.632. The molecular formula is C5H13NO3. The van der Waals surface area contributed by atoms with Gasteiger partial charge in [-0.3, -0.25) is 4.79 Å². The van der Waals surface area contributed by atoms with Crippen LogP contribution in [0.2, 0.25) is 0 Å². The number of nitrogens with two attached hydrogens (primary N) is 1. The summed E-state index contributed by atoms with van der Waals surface area (Å²) in [6.45, 7) is 1.83. The van der Waals surface area contributed by atoms with E-state index in [1.165, 1.54) is 7.11 Å². The van der Waals surface area contributed by atoms with Crippen LogP contribution in [0.1, 0.15) is 13.3 Å². The molecule has 4 heteroatoms. The molecular weight excluding hydrogens is 122 g/mol. The lowest BCUT2D eigenvalue weighted by Gasteiger charge is -2.03. The van der Waals surface area contributed by atoms with Crippen LogP contribution in [0.25, 0.3) is 0 Å². The molecule has 0 aromatic heterocycles. The molecule has 56 valence electrons. The lowest BCUT2D eigenvalue weighted by Crippen LogP contribution is -2.30. The summed E-state index contributed by atoms with van der Waals surface area (Å²) in [4.78, 5) is 10.4. The molecule has 0 rings (SSSR count). The Kier molecular flexibility index (Phi) is 6.89. The Morgan fingerprint density at radius 2 is 2.22 bits per heavy atom. The molecule has 0 aromatic rings. The van der Waals surface area contributed by atoms with E-state index in [1.807, 2.05) is 6.92 Å². The summed E-state index contributed by atoms with van der Waals surface area (Å²) in [5, 5.41) is 0. The third kappa shape index (κ3) is 3.93. The van der Waals surface area contributed by atoms with Crippen molar-refractivity contribution >= 4 is 5.97 Å². The summed E-state index contributed by atoms with van der Waals surface area (Å²) >= 11 is 0. The summed E-state index contributed by atoms with van der Waals surface area (Å²) < 4.78 is 4.34. The summed E-state index contributed by atoms with van der Waals surface area (Å²) in [7, 11) is 1.33. The Labute approximate surface area is 54.3 Å². The molecule has 0 bridgehead atoms. The fourth-order valence-electron chi connectivity index (χ4n) is 0.318. The molecule has 0 fully saturated rings. The Hall–Kier alpha value is -0.610. The first-order valence-corrected chi connectivity index (χ1v) is 2.55. The van der Waals surface area contributed by atoms with Crippen LogP contribution >= 0.6 is 0 Å². The van der Waals surface area contributed by atoms with E-state index >= 15 is 0 Å². The third-order valence-corrected chi connectivity index (χ3v) is 0.944. The predicted octanol–water partition coefficient (Wildman–Crippen LogP) is -0.928. The van der Waals surface area contributed by atoms with E-state index in [-0.39, 0.29) is 11.4 Å². The minimum absolute atomic E-state index is 0. The molecule has 0 spiro atoms. The number of carbonyl (C=O) groups excluding carboxylic acids is 1. The van der Waals surface area contributed by atoms with Crippen molar-refractivity contribution in [2.45, 2.75) is 19.4 Å². The third-order valence-electron chi connectivity index (χ3n) is 0.944. The zero-order chi connectivity index (χ0) is 6.57. The molecule has 0 radical (unpaired) electrons. The first kappa shape index (κ1) is 11.2. The first-order chi connectivity index (χ1) is 3.72. The number of esters is 1. The van der Waals surface area contributed by atoms with Gasteiger partial charge in [-0.2, -0.15) is 0 Å². The highest BCUT2D eigenvalue weighted by Gasteiger charge is 2.08. The number of ether oxygens (including phenoxy) is 1. The standard InChI is InChI=1S/C5H11NO2.H2O/c1-3-4(6)5(7)8-2;/h4H,3,6H2,1-2H3;1H2. The lowest BCUT2D eigenvalue weighted by atomic mass is 10.2. The molecule has 0 heterocycles. The maximum absolute atomic E-state index is 10.4. The Balaban J connectivity index is 0. The SMILES string of the molecule is CCC(N)C(=O)OC.O. The molecule has 9 heavy (non-hydrogen) atoms. The fourth-order valence-corrected chi connectivity index (χ4v) is 0.318. The summed E-state index contributed by atoms with van der Waals surface area (Å²) in [5.41, 5.74) is 5.25. The molecule has 1 unspecified atom stereocenters. The van der Waals surface area contributed by atoms with Gasteiger partial charge in [-0.05, 0) is 6.42 Å². The topological polar surface area (TPSA) is 83.8 Å². The molecule has 4 N–H and O–H groups in total. The molecule has 0 aromatic carbocycles. The monoisotopic (exact) mass is 135 g/mol. The highest BCUT2D eigenvalue weighted by atomic mass is 16.5. The van der Waals surface area contributed by atoms with Gasteiger partial charge in [0.25, 0.3) is 0 Å².